The fraction of sp³-hybridized carbons (Fsp3) is 0.588. The van der Waals surface area contributed by atoms with E-state index in [9.17, 15) is 0 Å². The van der Waals surface area contributed by atoms with Crippen LogP contribution in [0, 0.1) is 5.92 Å². The van der Waals surface area contributed by atoms with Gasteiger partial charge in [-0.05, 0) is 38.1 Å². The molecule has 3 rings (SSSR count). The quantitative estimate of drug-likeness (QED) is 0.639. The van der Waals surface area contributed by atoms with Crippen molar-refractivity contribution >= 4 is 5.96 Å². The van der Waals surface area contributed by atoms with E-state index in [0.717, 1.165) is 30.5 Å². The fourth-order valence-corrected chi connectivity index (χ4v) is 3.03. The average Bonchev–Trinajstić information content (AvgIpc) is 3.00. The van der Waals surface area contributed by atoms with Gasteiger partial charge in [0.25, 0.3) is 0 Å². The van der Waals surface area contributed by atoms with Gasteiger partial charge in [0, 0.05) is 20.1 Å². The smallest absolute Gasteiger partial charge is 0.191 e. The highest BCUT2D eigenvalue weighted by Crippen LogP contribution is 2.30. The molecule has 2 aliphatic rings. The molecule has 0 bridgehead atoms. The van der Waals surface area contributed by atoms with Crippen LogP contribution in [-0.2, 0) is 0 Å². The van der Waals surface area contributed by atoms with Gasteiger partial charge in [-0.1, -0.05) is 12.1 Å². The lowest BCUT2D eigenvalue weighted by Crippen LogP contribution is -2.46. The number of likely N-dealkylation sites (tertiary alicyclic amines) is 1. The number of nitrogens with zero attached hydrogens (tertiary/aromatic N) is 2. The van der Waals surface area contributed by atoms with Crippen molar-refractivity contribution in [1.82, 2.24) is 15.5 Å². The Morgan fingerprint density at radius 1 is 1.26 bits per heavy atom. The summed E-state index contributed by atoms with van der Waals surface area (Å²) in [5.74, 6) is 3.14. The number of fused-ring (bicyclic) bond motifs is 1. The summed E-state index contributed by atoms with van der Waals surface area (Å²) in [5, 5.41) is 6.73. The van der Waals surface area contributed by atoms with E-state index in [2.05, 4.69) is 27.6 Å². The summed E-state index contributed by atoms with van der Waals surface area (Å²) in [5.41, 5.74) is 0. The highest BCUT2D eigenvalue weighted by Gasteiger charge is 2.22. The van der Waals surface area contributed by atoms with Gasteiger partial charge in [0.2, 0.25) is 0 Å². The van der Waals surface area contributed by atoms with Crippen molar-refractivity contribution in [2.24, 2.45) is 10.9 Å². The summed E-state index contributed by atoms with van der Waals surface area (Å²) in [6.45, 7) is 4.51. The molecule has 0 aliphatic carbocycles. The third-order valence-corrected chi connectivity index (χ3v) is 4.34. The number of para-hydroxylation sites is 2. The number of benzene rings is 1. The van der Waals surface area contributed by atoms with Crippen molar-refractivity contribution in [2.45, 2.75) is 12.5 Å². The highest BCUT2D eigenvalue weighted by atomic mass is 16.6. The maximum Gasteiger partial charge on any atom is 0.191 e. The van der Waals surface area contributed by atoms with Gasteiger partial charge in [0.15, 0.2) is 17.5 Å². The topological polar surface area (TPSA) is 58.1 Å². The summed E-state index contributed by atoms with van der Waals surface area (Å²) >= 11 is 0. The number of hydrogen-bond donors (Lipinski definition) is 2. The van der Waals surface area contributed by atoms with Gasteiger partial charge in [-0.2, -0.15) is 0 Å². The molecule has 2 aliphatic heterocycles. The maximum absolute atomic E-state index is 5.94. The van der Waals surface area contributed by atoms with E-state index in [1.165, 1.54) is 13.0 Å². The number of aliphatic imine (C=N–C) groups is 1. The molecular formula is C17H26N4O2. The normalized spacial score (nSPS) is 24.5. The molecule has 0 saturated carbocycles. The minimum Gasteiger partial charge on any atom is -0.486 e. The number of rotatable bonds is 4. The Bertz CT molecular complexity index is 549. The van der Waals surface area contributed by atoms with Crippen LogP contribution in [0.4, 0.5) is 0 Å². The van der Waals surface area contributed by atoms with Crippen LogP contribution in [0.2, 0.25) is 0 Å². The zero-order valence-electron chi connectivity index (χ0n) is 13.9. The van der Waals surface area contributed by atoms with E-state index in [0.29, 0.717) is 19.1 Å². The lowest BCUT2D eigenvalue weighted by Gasteiger charge is -2.27. The molecule has 0 amide bonds. The minimum absolute atomic E-state index is 0.0129. The lowest BCUT2D eigenvalue weighted by molar-refractivity contribution is 0.0936. The molecule has 1 saturated heterocycles. The maximum atomic E-state index is 5.94. The van der Waals surface area contributed by atoms with Crippen LogP contribution in [0.15, 0.2) is 29.3 Å². The molecule has 6 nitrogen and oxygen atoms in total. The van der Waals surface area contributed by atoms with Crippen molar-refractivity contribution in [3.63, 3.8) is 0 Å². The van der Waals surface area contributed by atoms with Gasteiger partial charge >= 0.3 is 0 Å². The largest absolute Gasteiger partial charge is 0.486 e. The Kier molecular flexibility index (Phi) is 5.23. The second kappa shape index (κ2) is 7.55. The van der Waals surface area contributed by atoms with Gasteiger partial charge in [0.1, 0.15) is 12.7 Å². The first-order valence-electron chi connectivity index (χ1n) is 8.26. The second-order valence-corrected chi connectivity index (χ2v) is 6.25. The van der Waals surface area contributed by atoms with Crippen molar-refractivity contribution in [3.8, 4) is 11.5 Å². The monoisotopic (exact) mass is 318 g/mol. The summed E-state index contributed by atoms with van der Waals surface area (Å²) in [6, 6.07) is 7.77. The molecule has 1 aromatic rings. The van der Waals surface area contributed by atoms with E-state index in [4.69, 9.17) is 9.47 Å². The predicted octanol–water partition coefficient (Wildman–Crippen LogP) is 0.943. The van der Waals surface area contributed by atoms with E-state index in [1.54, 1.807) is 7.05 Å². The number of ether oxygens (including phenoxy) is 2. The average molecular weight is 318 g/mol. The second-order valence-electron chi connectivity index (χ2n) is 6.25. The standard InChI is InChI=1S/C17H26N4O2/c1-18-17(19-9-13-7-8-21(2)11-13)20-10-14-12-22-15-5-3-4-6-16(15)23-14/h3-6,13-14H,7-12H2,1-2H3,(H2,18,19,20). The molecule has 2 N–H and O–H groups in total. The summed E-state index contributed by atoms with van der Waals surface area (Å²) in [6.07, 6.45) is 1.23. The Morgan fingerprint density at radius 2 is 2.04 bits per heavy atom. The number of hydrogen-bond acceptors (Lipinski definition) is 4. The van der Waals surface area contributed by atoms with Gasteiger partial charge in [-0.25, -0.2) is 0 Å². The van der Waals surface area contributed by atoms with E-state index >= 15 is 0 Å². The van der Waals surface area contributed by atoms with Crippen molar-refractivity contribution < 1.29 is 9.47 Å². The summed E-state index contributed by atoms with van der Waals surface area (Å²) in [7, 11) is 3.97. The van der Waals surface area contributed by atoms with Crippen LogP contribution in [0.25, 0.3) is 0 Å². The molecule has 0 radical (unpaired) electrons. The van der Waals surface area contributed by atoms with Crippen LogP contribution >= 0.6 is 0 Å². The van der Waals surface area contributed by atoms with Gasteiger partial charge in [0.05, 0.1) is 6.54 Å². The molecule has 1 fully saturated rings. The molecule has 2 atom stereocenters. The summed E-state index contributed by atoms with van der Waals surface area (Å²) in [4.78, 5) is 6.65. The first-order valence-corrected chi connectivity index (χ1v) is 8.26. The molecule has 126 valence electrons. The molecule has 0 spiro atoms. The highest BCUT2D eigenvalue weighted by molar-refractivity contribution is 5.79. The van der Waals surface area contributed by atoms with E-state index < -0.39 is 0 Å². The van der Waals surface area contributed by atoms with E-state index in [1.807, 2.05) is 24.3 Å². The third kappa shape index (κ3) is 4.28. The molecule has 2 heterocycles. The zero-order valence-corrected chi connectivity index (χ0v) is 13.9. The van der Waals surface area contributed by atoms with Crippen LogP contribution in [-0.4, -0.2) is 63.8 Å². The first-order chi connectivity index (χ1) is 11.2. The van der Waals surface area contributed by atoms with Crippen LogP contribution in [0.5, 0.6) is 11.5 Å². The van der Waals surface area contributed by atoms with Gasteiger partial charge < -0.3 is 25.0 Å². The number of guanidine groups is 1. The van der Waals surface area contributed by atoms with Crippen LogP contribution in [0.1, 0.15) is 6.42 Å². The van der Waals surface area contributed by atoms with Crippen molar-refractivity contribution in [3.05, 3.63) is 24.3 Å². The Morgan fingerprint density at radius 3 is 2.78 bits per heavy atom. The summed E-state index contributed by atoms with van der Waals surface area (Å²) < 4.78 is 11.7. The van der Waals surface area contributed by atoms with Crippen molar-refractivity contribution in [2.75, 3.05) is 46.9 Å². The van der Waals surface area contributed by atoms with Gasteiger partial charge in [-0.15, -0.1) is 0 Å². The Balaban J connectivity index is 1.42. The Labute approximate surface area is 137 Å². The van der Waals surface area contributed by atoms with Crippen molar-refractivity contribution in [1.29, 1.82) is 0 Å². The lowest BCUT2D eigenvalue weighted by atomic mass is 10.1. The van der Waals surface area contributed by atoms with Crippen LogP contribution < -0.4 is 20.1 Å². The predicted molar refractivity (Wildman–Crippen MR) is 91.3 cm³/mol. The fourth-order valence-electron chi connectivity index (χ4n) is 3.03. The third-order valence-electron chi connectivity index (χ3n) is 4.34. The molecule has 23 heavy (non-hydrogen) atoms. The minimum atomic E-state index is -0.0129. The van der Waals surface area contributed by atoms with Gasteiger partial charge in [-0.3, -0.25) is 4.99 Å². The SMILES string of the molecule is CN=C(NCC1CCN(C)C1)NCC1COc2ccccc2O1. The van der Waals surface area contributed by atoms with E-state index in [-0.39, 0.29) is 6.10 Å². The molecular weight excluding hydrogens is 292 g/mol. The molecule has 0 aromatic heterocycles. The zero-order chi connectivity index (χ0) is 16.1. The van der Waals surface area contributed by atoms with Crippen LogP contribution in [0.3, 0.4) is 0 Å². The first kappa shape index (κ1) is 15.9. The Hall–Kier alpha value is -1.95. The number of nitrogens with one attached hydrogen (secondary N) is 2. The molecule has 1 aromatic carbocycles. The molecule has 2 unspecified atom stereocenters. The molecule has 6 heteroatoms.